The summed E-state index contributed by atoms with van der Waals surface area (Å²) >= 11 is 0. The van der Waals surface area contributed by atoms with E-state index in [1.807, 2.05) is 87.5 Å². The van der Waals surface area contributed by atoms with Crippen LogP contribution in [0.25, 0.3) is 0 Å². The number of amides is 2. The predicted molar refractivity (Wildman–Crippen MR) is 133 cm³/mol. The maximum atomic E-state index is 13.4. The molecule has 2 N–H and O–H groups in total. The first-order valence-electron chi connectivity index (χ1n) is 10.9. The SMILES string of the molecule is COc1ccc(C)cc1NC(=O)C(c1ccccc1)N(C)CC(=O)Nc1c(C)cccc1C. The minimum atomic E-state index is -0.667. The number of aryl methyl sites for hydroxylation is 3. The van der Waals surface area contributed by atoms with E-state index in [4.69, 9.17) is 4.74 Å². The van der Waals surface area contributed by atoms with Gasteiger partial charge >= 0.3 is 0 Å². The Morgan fingerprint density at radius 1 is 0.909 bits per heavy atom. The second-order valence-corrected chi connectivity index (χ2v) is 8.24. The first kappa shape index (κ1) is 24.0. The molecular weight excluding hydrogens is 414 g/mol. The Labute approximate surface area is 195 Å². The molecule has 3 aromatic rings. The molecule has 3 rings (SSSR count). The van der Waals surface area contributed by atoms with Crippen molar-refractivity contribution >= 4 is 23.2 Å². The van der Waals surface area contributed by atoms with Crippen molar-refractivity contribution in [2.45, 2.75) is 26.8 Å². The Kier molecular flexibility index (Phi) is 7.85. The fourth-order valence-corrected chi connectivity index (χ4v) is 3.87. The van der Waals surface area contributed by atoms with Gasteiger partial charge in [-0.05, 0) is 62.2 Å². The molecule has 2 amide bonds. The highest BCUT2D eigenvalue weighted by molar-refractivity contribution is 5.98. The average molecular weight is 446 g/mol. The molecule has 33 heavy (non-hydrogen) atoms. The number of nitrogens with zero attached hydrogens (tertiary/aromatic N) is 1. The number of hydrogen-bond acceptors (Lipinski definition) is 4. The first-order chi connectivity index (χ1) is 15.8. The Morgan fingerprint density at radius 3 is 2.21 bits per heavy atom. The number of para-hydroxylation sites is 1. The summed E-state index contributed by atoms with van der Waals surface area (Å²) in [7, 11) is 3.34. The second-order valence-electron chi connectivity index (χ2n) is 8.24. The van der Waals surface area contributed by atoms with Crippen LogP contribution in [0.4, 0.5) is 11.4 Å². The van der Waals surface area contributed by atoms with Crippen molar-refractivity contribution in [2.24, 2.45) is 0 Å². The van der Waals surface area contributed by atoms with Crippen LogP contribution in [0.15, 0.2) is 66.7 Å². The van der Waals surface area contributed by atoms with E-state index in [2.05, 4.69) is 10.6 Å². The van der Waals surface area contributed by atoms with Crippen molar-refractivity contribution in [2.75, 3.05) is 31.3 Å². The summed E-state index contributed by atoms with van der Waals surface area (Å²) in [6.45, 7) is 5.92. The molecule has 0 saturated carbocycles. The van der Waals surface area contributed by atoms with Crippen LogP contribution in [0.5, 0.6) is 5.75 Å². The third-order valence-electron chi connectivity index (χ3n) is 5.56. The van der Waals surface area contributed by atoms with E-state index in [0.717, 1.165) is 27.9 Å². The van der Waals surface area contributed by atoms with Gasteiger partial charge in [0.2, 0.25) is 11.8 Å². The number of nitrogens with one attached hydrogen (secondary N) is 2. The summed E-state index contributed by atoms with van der Waals surface area (Å²) in [5.41, 5.74) is 5.19. The maximum Gasteiger partial charge on any atom is 0.246 e. The summed E-state index contributed by atoms with van der Waals surface area (Å²) in [6, 6.07) is 20.3. The van der Waals surface area contributed by atoms with Crippen LogP contribution in [0, 0.1) is 20.8 Å². The van der Waals surface area contributed by atoms with Crippen molar-refractivity contribution in [3.63, 3.8) is 0 Å². The summed E-state index contributed by atoms with van der Waals surface area (Å²) in [6.07, 6.45) is 0. The van der Waals surface area contributed by atoms with Gasteiger partial charge in [-0.25, -0.2) is 0 Å². The monoisotopic (exact) mass is 445 g/mol. The second kappa shape index (κ2) is 10.8. The third-order valence-corrected chi connectivity index (χ3v) is 5.56. The number of carbonyl (C=O) groups is 2. The van der Waals surface area contributed by atoms with Gasteiger partial charge in [-0.3, -0.25) is 14.5 Å². The molecule has 0 radical (unpaired) electrons. The Hall–Kier alpha value is -3.64. The van der Waals surface area contributed by atoms with E-state index >= 15 is 0 Å². The zero-order valence-electron chi connectivity index (χ0n) is 19.8. The quantitative estimate of drug-likeness (QED) is 0.519. The van der Waals surface area contributed by atoms with Crippen molar-refractivity contribution < 1.29 is 14.3 Å². The highest BCUT2D eigenvalue weighted by Gasteiger charge is 2.27. The van der Waals surface area contributed by atoms with E-state index in [1.165, 1.54) is 0 Å². The van der Waals surface area contributed by atoms with E-state index in [1.54, 1.807) is 19.1 Å². The third kappa shape index (κ3) is 5.99. The predicted octanol–water partition coefficient (Wildman–Crippen LogP) is 4.87. The average Bonchev–Trinajstić information content (AvgIpc) is 2.77. The molecule has 0 aliphatic heterocycles. The van der Waals surface area contributed by atoms with Crippen LogP contribution < -0.4 is 15.4 Å². The standard InChI is InChI=1S/C27H31N3O3/c1-18-14-15-23(33-5)22(16-18)28-27(32)26(21-12-7-6-8-13-21)30(4)17-24(31)29-25-19(2)10-9-11-20(25)3/h6-16,26H,17H2,1-5H3,(H,28,32)(H,29,31). The summed E-state index contributed by atoms with van der Waals surface area (Å²) < 4.78 is 5.41. The number of hydrogen-bond donors (Lipinski definition) is 2. The molecule has 0 aliphatic carbocycles. The Balaban J connectivity index is 1.83. The van der Waals surface area contributed by atoms with Gasteiger partial charge in [-0.1, -0.05) is 54.6 Å². The molecule has 0 bridgehead atoms. The lowest BCUT2D eigenvalue weighted by molar-refractivity contribution is -0.123. The fraction of sp³-hybridized carbons (Fsp3) is 0.259. The fourth-order valence-electron chi connectivity index (χ4n) is 3.87. The Morgan fingerprint density at radius 2 is 1.58 bits per heavy atom. The number of carbonyl (C=O) groups excluding carboxylic acids is 2. The van der Waals surface area contributed by atoms with Gasteiger partial charge in [0.1, 0.15) is 11.8 Å². The molecule has 6 nitrogen and oxygen atoms in total. The van der Waals surface area contributed by atoms with E-state index < -0.39 is 6.04 Å². The van der Waals surface area contributed by atoms with E-state index in [9.17, 15) is 9.59 Å². The van der Waals surface area contributed by atoms with Crippen molar-refractivity contribution in [1.29, 1.82) is 0 Å². The molecule has 172 valence electrons. The number of benzene rings is 3. The van der Waals surface area contributed by atoms with Crippen LogP contribution >= 0.6 is 0 Å². The summed E-state index contributed by atoms with van der Waals surface area (Å²) in [5.74, 6) is 0.153. The number of rotatable bonds is 8. The molecule has 0 aliphatic rings. The molecule has 0 spiro atoms. The molecule has 1 unspecified atom stereocenters. The smallest absolute Gasteiger partial charge is 0.246 e. The van der Waals surface area contributed by atoms with Crippen LogP contribution in [-0.4, -0.2) is 37.4 Å². The summed E-state index contributed by atoms with van der Waals surface area (Å²) in [4.78, 5) is 28.1. The number of ether oxygens (including phenoxy) is 1. The first-order valence-corrected chi connectivity index (χ1v) is 10.9. The Bertz CT molecular complexity index is 1110. The minimum absolute atomic E-state index is 0.0473. The maximum absolute atomic E-state index is 13.4. The molecule has 0 fully saturated rings. The lowest BCUT2D eigenvalue weighted by Crippen LogP contribution is -2.39. The number of likely N-dealkylation sites (N-methyl/N-ethyl adjacent to an activating group) is 1. The van der Waals surface area contributed by atoms with Crippen LogP contribution in [0.3, 0.4) is 0 Å². The highest BCUT2D eigenvalue weighted by Crippen LogP contribution is 2.28. The van der Waals surface area contributed by atoms with Gasteiger partial charge in [0.15, 0.2) is 0 Å². The van der Waals surface area contributed by atoms with Gasteiger partial charge < -0.3 is 15.4 Å². The normalized spacial score (nSPS) is 11.7. The lowest BCUT2D eigenvalue weighted by atomic mass is 10.0. The van der Waals surface area contributed by atoms with Crippen molar-refractivity contribution in [1.82, 2.24) is 4.90 Å². The van der Waals surface area contributed by atoms with Crippen LogP contribution in [-0.2, 0) is 9.59 Å². The van der Waals surface area contributed by atoms with Crippen molar-refractivity contribution in [3.05, 3.63) is 89.0 Å². The van der Waals surface area contributed by atoms with Gasteiger partial charge in [-0.15, -0.1) is 0 Å². The van der Waals surface area contributed by atoms with Crippen molar-refractivity contribution in [3.8, 4) is 5.75 Å². The van der Waals surface area contributed by atoms with Crippen LogP contribution in [0.2, 0.25) is 0 Å². The van der Waals surface area contributed by atoms with Crippen LogP contribution in [0.1, 0.15) is 28.3 Å². The van der Waals surface area contributed by atoms with Gasteiger partial charge in [0, 0.05) is 5.69 Å². The zero-order valence-corrected chi connectivity index (χ0v) is 19.8. The van der Waals surface area contributed by atoms with Gasteiger partial charge in [-0.2, -0.15) is 0 Å². The number of anilines is 2. The molecule has 0 saturated heterocycles. The highest BCUT2D eigenvalue weighted by atomic mass is 16.5. The topological polar surface area (TPSA) is 70.7 Å². The van der Waals surface area contributed by atoms with Gasteiger partial charge in [0.25, 0.3) is 0 Å². The molecule has 3 aromatic carbocycles. The molecule has 0 aromatic heterocycles. The zero-order chi connectivity index (χ0) is 24.0. The van der Waals surface area contributed by atoms with Gasteiger partial charge in [0.05, 0.1) is 19.3 Å². The molecule has 1 atom stereocenters. The molecular formula is C27H31N3O3. The minimum Gasteiger partial charge on any atom is -0.495 e. The lowest BCUT2D eigenvalue weighted by Gasteiger charge is -2.27. The van der Waals surface area contributed by atoms with E-state index in [-0.39, 0.29) is 18.4 Å². The number of methoxy groups -OCH3 is 1. The summed E-state index contributed by atoms with van der Waals surface area (Å²) in [5, 5.41) is 5.98. The molecule has 0 heterocycles. The molecule has 6 heteroatoms. The largest absolute Gasteiger partial charge is 0.495 e. The van der Waals surface area contributed by atoms with E-state index in [0.29, 0.717) is 11.4 Å².